The van der Waals surface area contributed by atoms with Gasteiger partial charge in [-0.3, -0.25) is 14.5 Å². The Morgan fingerprint density at radius 1 is 1.00 bits per heavy atom. The molecule has 3 heterocycles. The van der Waals surface area contributed by atoms with Gasteiger partial charge in [-0.1, -0.05) is 49.9 Å². The zero-order valence-corrected chi connectivity index (χ0v) is 22.7. The number of rotatable bonds is 9. The lowest BCUT2D eigenvalue weighted by Gasteiger charge is -2.44. The van der Waals surface area contributed by atoms with Gasteiger partial charge >= 0.3 is 0 Å². The largest absolute Gasteiger partial charge is 0.468 e. The van der Waals surface area contributed by atoms with E-state index >= 15 is 0 Å². The molecule has 0 saturated heterocycles. The summed E-state index contributed by atoms with van der Waals surface area (Å²) in [6.07, 6.45) is 10.9. The molecule has 7 heteroatoms. The molecule has 6 rings (SSSR count). The van der Waals surface area contributed by atoms with Crippen molar-refractivity contribution in [2.75, 3.05) is 13.1 Å². The maximum atomic E-state index is 14.1. The van der Waals surface area contributed by atoms with Crippen LogP contribution in [0.25, 0.3) is 0 Å². The fourth-order valence-electron chi connectivity index (χ4n) is 6.88. The zero-order valence-electron chi connectivity index (χ0n) is 21.9. The third-order valence-corrected chi connectivity index (χ3v) is 9.63. The summed E-state index contributed by atoms with van der Waals surface area (Å²) in [7, 11) is 0. The fraction of sp³-hybridized carbons (Fsp3) is 0.484. The van der Waals surface area contributed by atoms with Crippen molar-refractivity contribution in [2.24, 2.45) is 0 Å². The van der Waals surface area contributed by atoms with Gasteiger partial charge in [0.05, 0.1) is 24.8 Å². The number of nitrogens with one attached hydrogen (secondary N) is 1. The normalized spacial score (nSPS) is 22.3. The van der Waals surface area contributed by atoms with Crippen LogP contribution < -0.4 is 5.32 Å². The van der Waals surface area contributed by atoms with Gasteiger partial charge in [-0.15, -0.1) is 11.3 Å². The minimum atomic E-state index is -0.423. The van der Waals surface area contributed by atoms with Crippen LogP contribution in [0.15, 0.2) is 64.6 Å². The molecule has 38 heavy (non-hydrogen) atoms. The van der Waals surface area contributed by atoms with E-state index in [0.717, 1.165) is 55.0 Å². The highest BCUT2D eigenvalue weighted by molar-refractivity contribution is 7.10. The van der Waals surface area contributed by atoms with E-state index in [1.54, 1.807) is 17.6 Å². The molecule has 0 bridgehead atoms. The Morgan fingerprint density at radius 2 is 1.79 bits per heavy atom. The number of benzene rings is 1. The van der Waals surface area contributed by atoms with Gasteiger partial charge < -0.3 is 14.6 Å². The van der Waals surface area contributed by atoms with Crippen LogP contribution in [0, 0.1) is 0 Å². The molecule has 2 aromatic heterocycles. The Labute approximate surface area is 229 Å². The molecule has 2 atom stereocenters. The third-order valence-electron chi connectivity index (χ3n) is 8.69. The summed E-state index contributed by atoms with van der Waals surface area (Å²) in [5.41, 5.74) is 1.53. The Bertz CT molecular complexity index is 1210. The third kappa shape index (κ3) is 5.06. The van der Waals surface area contributed by atoms with Crippen LogP contribution in [-0.4, -0.2) is 46.8 Å². The minimum Gasteiger partial charge on any atom is -0.468 e. The quantitative estimate of drug-likeness (QED) is 0.361. The van der Waals surface area contributed by atoms with Gasteiger partial charge in [0.25, 0.3) is 5.91 Å². The number of hydrogen-bond donors (Lipinski definition) is 1. The summed E-state index contributed by atoms with van der Waals surface area (Å²) in [6, 6.07) is 16.3. The molecule has 1 aliphatic heterocycles. The molecule has 0 unspecified atom stereocenters. The monoisotopic (exact) mass is 531 g/mol. The maximum absolute atomic E-state index is 14.1. The number of carbonyl (C=O) groups excluding carboxylic acids is 2. The van der Waals surface area contributed by atoms with Crippen molar-refractivity contribution in [2.45, 2.75) is 82.0 Å². The second-order valence-electron chi connectivity index (χ2n) is 11.0. The molecule has 0 radical (unpaired) electrons. The highest BCUT2D eigenvalue weighted by Crippen LogP contribution is 2.47. The smallest absolute Gasteiger partial charge is 0.254 e. The fourth-order valence-corrected chi connectivity index (χ4v) is 7.74. The van der Waals surface area contributed by atoms with Crippen LogP contribution >= 0.6 is 11.3 Å². The van der Waals surface area contributed by atoms with Gasteiger partial charge in [-0.2, -0.15) is 0 Å². The lowest BCUT2D eigenvalue weighted by atomic mass is 9.80. The van der Waals surface area contributed by atoms with E-state index in [-0.39, 0.29) is 23.9 Å². The van der Waals surface area contributed by atoms with Crippen LogP contribution in [0.5, 0.6) is 0 Å². The topological polar surface area (TPSA) is 65.8 Å². The first-order valence-electron chi connectivity index (χ1n) is 14.2. The molecule has 2 amide bonds. The molecule has 1 aromatic carbocycles. The predicted molar refractivity (Wildman–Crippen MR) is 149 cm³/mol. The SMILES string of the molecule is O=C(NCCN(Cc1ccco1)C1CCCC1)[C@@H]1c2ccccc2C(=O)N(C2CCCC2)[C@@H]1c1cccs1. The standard InChI is InChI=1S/C31H37N3O3S/c35-30(32-17-18-33(22-9-1-2-10-22)21-24-13-7-19-37-24)28-25-14-5-6-15-26(25)31(36)34(23-11-3-4-12-23)29(28)27-16-8-20-38-27/h5-8,13-16,19-20,22-23,28-29H,1-4,9-12,17-18,21H2,(H,32,35)/t28-,29-/m1/s1. The maximum Gasteiger partial charge on any atom is 0.254 e. The van der Waals surface area contributed by atoms with Crippen molar-refractivity contribution >= 4 is 23.2 Å². The van der Waals surface area contributed by atoms with Crippen LogP contribution in [0.4, 0.5) is 0 Å². The molecular weight excluding hydrogens is 494 g/mol. The van der Waals surface area contributed by atoms with Crippen molar-refractivity contribution in [1.82, 2.24) is 15.1 Å². The molecule has 1 N–H and O–H groups in total. The van der Waals surface area contributed by atoms with Crippen molar-refractivity contribution in [1.29, 1.82) is 0 Å². The average Bonchev–Trinajstić information content (AvgIpc) is 3.76. The van der Waals surface area contributed by atoms with Crippen molar-refractivity contribution in [3.8, 4) is 0 Å². The van der Waals surface area contributed by atoms with Crippen LogP contribution in [0.2, 0.25) is 0 Å². The summed E-state index contributed by atoms with van der Waals surface area (Å²) in [5.74, 6) is 0.623. The van der Waals surface area contributed by atoms with E-state index < -0.39 is 5.92 Å². The molecule has 0 spiro atoms. The Morgan fingerprint density at radius 3 is 2.53 bits per heavy atom. The Kier molecular flexibility index (Phi) is 7.65. The van der Waals surface area contributed by atoms with E-state index in [1.807, 2.05) is 42.5 Å². The molecular formula is C31H37N3O3S. The lowest BCUT2D eigenvalue weighted by Crippen LogP contribution is -2.51. The van der Waals surface area contributed by atoms with Gasteiger partial charge in [-0.25, -0.2) is 0 Å². The van der Waals surface area contributed by atoms with Gasteiger partial charge in [0, 0.05) is 35.6 Å². The van der Waals surface area contributed by atoms with Crippen molar-refractivity contribution in [3.63, 3.8) is 0 Å². The summed E-state index contributed by atoms with van der Waals surface area (Å²) in [4.78, 5) is 33.5. The highest BCUT2D eigenvalue weighted by atomic mass is 32.1. The molecule has 2 fully saturated rings. The van der Waals surface area contributed by atoms with Crippen molar-refractivity contribution < 1.29 is 14.0 Å². The Balaban J connectivity index is 1.25. The van der Waals surface area contributed by atoms with Gasteiger partial charge in [0.1, 0.15) is 5.76 Å². The van der Waals surface area contributed by atoms with Gasteiger partial charge in [-0.05, 0) is 60.9 Å². The predicted octanol–water partition coefficient (Wildman–Crippen LogP) is 6.13. The van der Waals surface area contributed by atoms with E-state index in [9.17, 15) is 9.59 Å². The summed E-state index contributed by atoms with van der Waals surface area (Å²) in [6.45, 7) is 2.12. The van der Waals surface area contributed by atoms with E-state index in [2.05, 4.69) is 26.6 Å². The second kappa shape index (κ2) is 11.5. The zero-order chi connectivity index (χ0) is 25.9. The number of amides is 2. The molecule has 2 aliphatic carbocycles. The first-order chi connectivity index (χ1) is 18.7. The highest BCUT2D eigenvalue weighted by Gasteiger charge is 2.47. The minimum absolute atomic E-state index is 0.00992. The lowest BCUT2D eigenvalue weighted by molar-refractivity contribution is -0.124. The Hall–Kier alpha value is -2.90. The van der Waals surface area contributed by atoms with Crippen molar-refractivity contribution in [3.05, 3.63) is 81.9 Å². The van der Waals surface area contributed by atoms with Crippen LogP contribution in [-0.2, 0) is 11.3 Å². The van der Waals surface area contributed by atoms with Gasteiger partial charge in [0.2, 0.25) is 5.91 Å². The molecule has 3 aromatic rings. The summed E-state index contributed by atoms with van der Waals surface area (Å²) in [5, 5.41) is 5.35. The van der Waals surface area contributed by atoms with E-state index in [0.29, 0.717) is 18.2 Å². The first kappa shape index (κ1) is 25.4. The number of thiophene rings is 1. The molecule has 200 valence electrons. The first-order valence-corrected chi connectivity index (χ1v) is 15.1. The number of hydrogen-bond acceptors (Lipinski definition) is 5. The van der Waals surface area contributed by atoms with E-state index in [4.69, 9.17) is 4.42 Å². The molecule has 6 nitrogen and oxygen atoms in total. The van der Waals surface area contributed by atoms with Crippen LogP contribution in [0.1, 0.15) is 89.9 Å². The second-order valence-corrected chi connectivity index (χ2v) is 11.9. The molecule has 3 aliphatic rings. The van der Waals surface area contributed by atoms with E-state index in [1.165, 1.54) is 25.7 Å². The number of fused-ring (bicyclic) bond motifs is 1. The summed E-state index contributed by atoms with van der Waals surface area (Å²) >= 11 is 1.64. The number of nitrogens with zero attached hydrogens (tertiary/aromatic N) is 2. The summed E-state index contributed by atoms with van der Waals surface area (Å²) < 4.78 is 5.65. The number of furan rings is 1. The average molecular weight is 532 g/mol. The molecule has 2 saturated carbocycles. The number of carbonyl (C=O) groups is 2. The van der Waals surface area contributed by atoms with Crippen LogP contribution in [0.3, 0.4) is 0 Å². The van der Waals surface area contributed by atoms with Gasteiger partial charge in [0.15, 0.2) is 0 Å².